The number of hydrogen-bond donors (Lipinski definition) is 2. The second kappa shape index (κ2) is 9.52. The number of carboxylic acid groups (broad SMARTS) is 1. The van der Waals surface area contributed by atoms with Crippen molar-refractivity contribution in [3.63, 3.8) is 0 Å². The van der Waals surface area contributed by atoms with Crippen molar-refractivity contribution in [1.82, 2.24) is 15.5 Å². The predicted octanol–water partition coefficient (Wildman–Crippen LogP) is 5.97. The number of halogens is 2. The molecule has 186 valence electrons. The molecule has 9 heteroatoms. The summed E-state index contributed by atoms with van der Waals surface area (Å²) in [6.07, 6.45) is 6.40. The summed E-state index contributed by atoms with van der Waals surface area (Å²) in [6, 6.07) is 11.5. The number of aryl methyl sites for hydroxylation is 2. The van der Waals surface area contributed by atoms with Crippen LogP contribution in [0.25, 0.3) is 34.0 Å². The minimum Gasteiger partial charge on any atom is -0.481 e. The number of nitrogens with zero attached hydrogens (tertiary/aromatic N) is 2. The van der Waals surface area contributed by atoms with E-state index in [1.807, 2.05) is 13.0 Å². The quantitative estimate of drug-likeness (QED) is 0.330. The molecule has 2 N–H and O–H groups in total. The summed E-state index contributed by atoms with van der Waals surface area (Å²) in [4.78, 5) is 15.5. The van der Waals surface area contributed by atoms with Crippen LogP contribution < -0.4 is 5.32 Å². The molecule has 0 amide bonds. The zero-order valence-electron chi connectivity index (χ0n) is 19.5. The van der Waals surface area contributed by atoms with Gasteiger partial charge in [0.2, 0.25) is 5.82 Å². The van der Waals surface area contributed by atoms with Gasteiger partial charge in [-0.15, -0.1) is 12.4 Å². The molecule has 1 fully saturated rings. The van der Waals surface area contributed by atoms with Crippen molar-refractivity contribution in [2.75, 3.05) is 0 Å². The molecule has 1 atom stereocenters. The Morgan fingerprint density at radius 2 is 1.97 bits per heavy atom. The molecule has 1 unspecified atom stereocenters. The van der Waals surface area contributed by atoms with Crippen LogP contribution in [0.1, 0.15) is 42.0 Å². The van der Waals surface area contributed by atoms with E-state index in [0.717, 1.165) is 35.1 Å². The number of rotatable bonds is 6. The van der Waals surface area contributed by atoms with E-state index in [0.29, 0.717) is 18.7 Å². The molecule has 2 aromatic carbocycles. The molecule has 0 spiro atoms. The largest absolute Gasteiger partial charge is 0.481 e. The maximum absolute atomic E-state index is 15.0. The summed E-state index contributed by atoms with van der Waals surface area (Å²) in [5.41, 5.74) is 5.96. The molecule has 2 aliphatic carbocycles. The first-order chi connectivity index (χ1) is 17.0. The average molecular weight is 510 g/mol. The molecule has 4 aromatic rings. The van der Waals surface area contributed by atoms with Crippen molar-refractivity contribution in [1.29, 1.82) is 0 Å². The zero-order valence-corrected chi connectivity index (χ0v) is 20.3. The smallest absolute Gasteiger partial charge is 0.306 e. The van der Waals surface area contributed by atoms with Crippen LogP contribution in [0.2, 0.25) is 0 Å². The van der Waals surface area contributed by atoms with Gasteiger partial charge in [-0.3, -0.25) is 4.79 Å². The van der Waals surface area contributed by atoms with Crippen LogP contribution in [-0.4, -0.2) is 27.3 Å². The Morgan fingerprint density at radius 1 is 1.14 bits per heavy atom. The van der Waals surface area contributed by atoms with Crippen LogP contribution in [0, 0.1) is 18.7 Å². The Kier molecular flexibility index (Phi) is 6.40. The maximum atomic E-state index is 15.0. The van der Waals surface area contributed by atoms with Crippen molar-refractivity contribution in [3.8, 4) is 34.0 Å². The lowest BCUT2D eigenvalue weighted by Crippen LogP contribution is -2.45. The molecule has 1 saturated carbocycles. The molecule has 0 aliphatic heterocycles. The van der Waals surface area contributed by atoms with Crippen LogP contribution in [0.5, 0.6) is 0 Å². The van der Waals surface area contributed by atoms with E-state index in [1.165, 1.54) is 17.2 Å². The Bertz CT molecular complexity index is 1410. The van der Waals surface area contributed by atoms with Crippen molar-refractivity contribution in [2.45, 2.75) is 44.7 Å². The fourth-order valence-electron chi connectivity index (χ4n) is 5.19. The summed E-state index contributed by atoms with van der Waals surface area (Å²) in [7, 11) is 0. The standard InChI is InChI=1S/C27H24FN3O4.ClH/c1-14-8-22(23(28)12-21(14)17-6-7-34-13-17)26-30-25(31-35-26)16-2-4-20-15(9-16)3-5-24(20)29-19-10-18(11-19)27(32)33;/h2,4,6-9,12-13,18-19,24,29H,3,5,10-11H2,1H3,(H,32,33);1H. The van der Waals surface area contributed by atoms with E-state index in [2.05, 4.69) is 27.6 Å². The molecule has 0 bridgehead atoms. The molecule has 36 heavy (non-hydrogen) atoms. The van der Waals surface area contributed by atoms with Gasteiger partial charge in [-0.1, -0.05) is 17.3 Å². The first kappa shape index (κ1) is 24.2. The summed E-state index contributed by atoms with van der Waals surface area (Å²) in [5.74, 6) is -0.816. The van der Waals surface area contributed by atoms with Gasteiger partial charge in [-0.05, 0) is 79.1 Å². The average Bonchev–Trinajstić information content (AvgIpc) is 3.57. The molecular weight excluding hydrogens is 485 g/mol. The lowest BCUT2D eigenvalue weighted by atomic mass is 9.80. The van der Waals surface area contributed by atoms with Gasteiger partial charge in [0, 0.05) is 23.2 Å². The van der Waals surface area contributed by atoms with Gasteiger partial charge in [-0.2, -0.15) is 4.98 Å². The highest BCUT2D eigenvalue weighted by Crippen LogP contribution is 2.38. The van der Waals surface area contributed by atoms with Crippen LogP contribution in [0.4, 0.5) is 4.39 Å². The maximum Gasteiger partial charge on any atom is 0.306 e. The molecule has 0 saturated heterocycles. The fourth-order valence-corrected chi connectivity index (χ4v) is 5.19. The number of hydrogen-bond acceptors (Lipinski definition) is 6. The second-order valence-corrected chi connectivity index (χ2v) is 9.46. The van der Waals surface area contributed by atoms with Crippen LogP contribution in [-0.2, 0) is 11.2 Å². The first-order valence-corrected chi connectivity index (χ1v) is 11.7. The number of aromatic nitrogens is 2. The number of fused-ring (bicyclic) bond motifs is 1. The van der Waals surface area contributed by atoms with E-state index in [9.17, 15) is 9.18 Å². The topological polar surface area (TPSA) is 101 Å². The minimum atomic E-state index is -0.706. The second-order valence-electron chi connectivity index (χ2n) is 9.46. The van der Waals surface area contributed by atoms with Gasteiger partial charge < -0.3 is 19.4 Å². The highest BCUT2D eigenvalue weighted by atomic mass is 35.5. The molecule has 2 aromatic heterocycles. The number of furan rings is 1. The monoisotopic (exact) mass is 509 g/mol. The minimum absolute atomic E-state index is 0. The number of nitrogens with one attached hydrogen (secondary N) is 1. The lowest BCUT2D eigenvalue weighted by molar-refractivity contribution is -0.145. The molecular formula is C27H25ClFN3O4. The molecule has 7 nitrogen and oxygen atoms in total. The highest BCUT2D eigenvalue weighted by molar-refractivity contribution is 5.85. The number of carbonyl (C=O) groups is 1. The van der Waals surface area contributed by atoms with Gasteiger partial charge in [0.05, 0.1) is 24.0 Å². The van der Waals surface area contributed by atoms with Crippen LogP contribution >= 0.6 is 12.4 Å². The van der Waals surface area contributed by atoms with Gasteiger partial charge in [-0.25, -0.2) is 4.39 Å². The van der Waals surface area contributed by atoms with Gasteiger partial charge in [0.15, 0.2) is 0 Å². The zero-order chi connectivity index (χ0) is 24.1. The van der Waals surface area contributed by atoms with Gasteiger partial charge >= 0.3 is 5.97 Å². The molecule has 6 rings (SSSR count). The van der Waals surface area contributed by atoms with Crippen molar-refractivity contribution < 1.29 is 23.2 Å². The van der Waals surface area contributed by atoms with Crippen molar-refractivity contribution >= 4 is 18.4 Å². The summed E-state index contributed by atoms with van der Waals surface area (Å²) in [6.45, 7) is 1.90. The van der Waals surface area contributed by atoms with E-state index >= 15 is 0 Å². The SMILES string of the molecule is Cc1cc(-c2nc(-c3ccc4c(c3)CCC4NC3CC(C(=O)O)C3)no2)c(F)cc1-c1ccoc1.Cl. The summed E-state index contributed by atoms with van der Waals surface area (Å²) < 4.78 is 25.5. The molecule has 2 aliphatic rings. The Balaban J connectivity index is 0.00000267. The normalized spacial score (nSPS) is 20.4. The molecule has 0 radical (unpaired) electrons. The molecule has 2 heterocycles. The van der Waals surface area contributed by atoms with Crippen molar-refractivity contribution in [2.24, 2.45) is 5.92 Å². The van der Waals surface area contributed by atoms with E-state index in [1.54, 1.807) is 24.7 Å². The number of aliphatic carboxylic acids is 1. The Hall–Kier alpha value is -3.49. The van der Waals surface area contributed by atoms with Crippen LogP contribution in [0.15, 0.2) is 57.9 Å². The third kappa shape index (κ3) is 4.31. The number of benzene rings is 2. The summed E-state index contributed by atoms with van der Waals surface area (Å²) in [5, 5.41) is 16.8. The lowest BCUT2D eigenvalue weighted by Gasteiger charge is -2.35. The van der Waals surface area contributed by atoms with E-state index < -0.39 is 11.8 Å². The third-order valence-corrected chi connectivity index (χ3v) is 7.21. The third-order valence-electron chi connectivity index (χ3n) is 7.21. The van der Waals surface area contributed by atoms with Crippen molar-refractivity contribution in [3.05, 3.63) is 71.4 Å². The Labute approximate surface area is 213 Å². The van der Waals surface area contributed by atoms with Crippen LogP contribution in [0.3, 0.4) is 0 Å². The first-order valence-electron chi connectivity index (χ1n) is 11.7. The van der Waals surface area contributed by atoms with Gasteiger partial charge in [0.25, 0.3) is 5.89 Å². The predicted molar refractivity (Wildman–Crippen MR) is 133 cm³/mol. The fraction of sp³-hybridized carbons (Fsp3) is 0.296. The van der Waals surface area contributed by atoms with E-state index in [4.69, 9.17) is 14.0 Å². The number of carboxylic acids is 1. The Morgan fingerprint density at radius 3 is 2.72 bits per heavy atom. The van der Waals surface area contributed by atoms with E-state index in [-0.39, 0.29) is 41.9 Å². The highest BCUT2D eigenvalue weighted by Gasteiger charge is 2.36. The summed E-state index contributed by atoms with van der Waals surface area (Å²) >= 11 is 0. The van der Waals surface area contributed by atoms with Gasteiger partial charge in [0.1, 0.15) is 5.82 Å².